The Hall–Kier alpha value is -1.99. The molecule has 3 aromatic rings. The van der Waals surface area contributed by atoms with Gasteiger partial charge in [-0.3, -0.25) is 0 Å². The van der Waals surface area contributed by atoms with Crippen molar-refractivity contribution in [1.29, 1.82) is 0 Å². The van der Waals surface area contributed by atoms with E-state index in [0.717, 1.165) is 29.6 Å². The van der Waals surface area contributed by atoms with E-state index < -0.39 is 0 Å². The summed E-state index contributed by atoms with van der Waals surface area (Å²) in [6.07, 6.45) is 2.60. The molecule has 31 heavy (non-hydrogen) atoms. The van der Waals surface area contributed by atoms with Gasteiger partial charge in [-0.15, -0.1) is 0 Å². The van der Waals surface area contributed by atoms with Gasteiger partial charge in [0.2, 0.25) is 0 Å². The third-order valence-corrected chi connectivity index (χ3v) is 6.68. The van der Waals surface area contributed by atoms with Crippen molar-refractivity contribution in [3.8, 4) is 22.8 Å². The number of rotatable bonds is 5. The van der Waals surface area contributed by atoms with Crippen molar-refractivity contribution in [2.24, 2.45) is 0 Å². The van der Waals surface area contributed by atoms with Crippen LogP contribution in [0.25, 0.3) is 22.0 Å². The largest absolute Gasteiger partial charge is 0.495 e. The van der Waals surface area contributed by atoms with Gasteiger partial charge in [0.25, 0.3) is 0 Å². The minimum absolute atomic E-state index is 0.255. The number of ether oxygens (including phenoxy) is 3. The summed E-state index contributed by atoms with van der Waals surface area (Å²) >= 11 is 19.5. The normalized spacial score (nSPS) is 18.6. The molecule has 0 aliphatic carbocycles. The van der Waals surface area contributed by atoms with Crippen LogP contribution in [0.2, 0.25) is 15.2 Å². The van der Waals surface area contributed by atoms with Crippen molar-refractivity contribution in [2.45, 2.75) is 18.9 Å². The van der Waals surface area contributed by atoms with E-state index in [4.69, 9.17) is 54.0 Å². The summed E-state index contributed by atoms with van der Waals surface area (Å²) in [5.41, 5.74) is 0.867. The van der Waals surface area contributed by atoms with Gasteiger partial charge in [0.05, 0.1) is 35.6 Å². The molecule has 0 amide bonds. The van der Waals surface area contributed by atoms with Crippen molar-refractivity contribution in [3.05, 3.63) is 39.6 Å². The molecule has 1 unspecified atom stereocenters. The van der Waals surface area contributed by atoms with Crippen LogP contribution in [-0.4, -0.2) is 50.0 Å². The molecule has 9 heteroatoms. The molecule has 1 aromatic carbocycles. The molecule has 4 rings (SSSR count). The Morgan fingerprint density at radius 3 is 2.26 bits per heavy atom. The fourth-order valence-electron chi connectivity index (χ4n) is 3.86. The zero-order valence-electron chi connectivity index (χ0n) is 17.6. The second-order valence-electron chi connectivity index (χ2n) is 7.67. The molecule has 1 aliphatic heterocycles. The standard InChI is InChI=1S/C22H22Cl3N3O3/c1-22(31-4)5-6-28(11-22)21-13-8-17(23)26-10-12(13)7-14(27-21)18-19(24)15(29-2)9-16(30-3)20(18)25/h7-10H,5-6,11H2,1-4H3. The minimum Gasteiger partial charge on any atom is -0.495 e. The first-order chi connectivity index (χ1) is 14.8. The van der Waals surface area contributed by atoms with Crippen LogP contribution < -0.4 is 14.4 Å². The second-order valence-corrected chi connectivity index (χ2v) is 8.81. The number of pyridine rings is 2. The van der Waals surface area contributed by atoms with E-state index in [2.05, 4.69) is 16.8 Å². The van der Waals surface area contributed by atoms with Gasteiger partial charge in [-0.25, -0.2) is 9.97 Å². The molecule has 0 bridgehead atoms. The predicted octanol–water partition coefficient (Wildman–Crippen LogP) is 5.89. The molecular weight excluding hydrogens is 461 g/mol. The average Bonchev–Trinajstić information content (AvgIpc) is 3.16. The highest BCUT2D eigenvalue weighted by Crippen LogP contribution is 2.47. The fraction of sp³-hybridized carbons (Fsp3) is 0.364. The molecule has 0 N–H and O–H groups in total. The molecule has 3 heterocycles. The quantitative estimate of drug-likeness (QED) is 0.423. The summed E-state index contributed by atoms with van der Waals surface area (Å²) in [6, 6.07) is 5.36. The second kappa shape index (κ2) is 8.51. The van der Waals surface area contributed by atoms with Crippen LogP contribution in [0.1, 0.15) is 13.3 Å². The minimum atomic E-state index is -0.255. The first kappa shape index (κ1) is 22.2. The number of anilines is 1. The summed E-state index contributed by atoms with van der Waals surface area (Å²) in [5.74, 6) is 1.67. The summed E-state index contributed by atoms with van der Waals surface area (Å²) in [4.78, 5) is 11.4. The Balaban J connectivity index is 1.97. The zero-order valence-corrected chi connectivity index (χ0v) is 19.9. The van der Waals surface area contributed by atoms with Gasteiger partial charge < -0.3 is 19.1 Å². The molecule has 0 saturated carbocycles. The molecule has 6 nitrogen and oxygen atoms in total. The van der Waals surface area contributed by atoms with Gasteiger partial charge in [0.1, 0.15) is 22.5 Å². The number of halogens is 3. The lowest BCUT2D eigenvalue weighted by Crippen LogP contribution is -2.32. The van der Waals surface area contributed by atoms with Gasteiger partial charge >= 0.3 is 0 Å². The Kier molecular flexibility index (Phi) is 6.10. The number of nitrogens with zero attached hydrogens (tertiary/aromatic N) is 3. The Labute approximate surface area is 196 Å². The summed E-state index contributed by atoms with van der Waals surface area (Å²) < 4.78 is 16.6. The summed E-state index contributed by atoms with van der Waals surface area (Å²) in [7, 11) is 4.81. The van der Waals surface area contributed by atoms with Crippen molar-refractivity contribution in [1.82, 2.24) is 9.97 Å². The van der Waals surface area contributed by atoms with E-state index in [1.165, 1.54) is 0 Å². The predicted molar refractivity (Wildman–Crippen MR) is 125 cm³/mol. The highest BCUT2D eigenvalue weighted by molar-refractivity contribution is 6.41. The maximum absolute atomic E-state index is 6.66. The lowest BCUT2D eigenvalue weighted by atomic mass is 10.1. The summed E-state index contributed by atoms with van der Waals surface area (Å²) in [6.45, 7) is 3.57. The average molecular weight is 483 g/mol. The number of fused-ring (bicyclic) bond motifs is 1. The van der Waals surface area contributed by atoms with Crippen molar-refractivity contribution < 1.29 is 14.2 Å². The van der Waals surface area contributed by atoms with Crippen molar-refractivity contribution >= 4 is 51.4 Å². The first-order valence-electron chi connectivity index (χ1n) is 9.67. The van der Waals surface area contributed by atoms with E-state index in [0.29, 0.717) is 44.5 Å². The van der Waals surface area contributed by atoms with Crippen molar-refractivity contribution in [2.75, 3.05) is 39.3 Å². The van der Waals surface area contributed by atoms with E-state index in [1.807, 2.05) is 12.1 Å². The van der Waals surface area contributed by atoms with Crippen LogP contribution in [0.5, 0.6) is 11.5 Å². The Morgan fingerprint density at radius 1 is 1.00 bits per heavy atom. The highest BCUT2D eigenvalue weighted by Gasteiger charge is 2.35. The van der Waals surface area contributed by atoms with Crippen LogP contribution in [0, 0.1) is 0 Å². The monoisotopic (exact) mass is 481 g/mol. The van der Waals surface area contributed by atoms with E-state index in [9.17, 15) is 0 Å². The fourth-order valence-corrected chi connectivity index (χ4v) is 4.72. The molecule has 1 fully saturated rings. The molecule has 1 aliphatic rings. The smallest absolute Gasteiger partial charge is 0.141 e. The Morgan fingerprint density at radius 2 is 1.68 bits per heavy atom. The van der Waals surface area contributed by atoms with Crippen LogP contribution in [0.3, 0.4) is 0 Å². The molecule has 1 atom stereocenters. The lowest BCUT2D eigenvalue weighted by molar-refractivity contribution is 0.0257. The first-order valence-corrected chi connectivity index (χ1v) is 10.8. The molecular formula is C22H22Cl3N3O3. The van der Waals surface area contributed by atoms with Gasteiger partial charge in [0.15, 0.2) is 0 Å². The van der Waals surface area contributed by atoms with Crippen LogP contribution >= 0.6 is 34.8 Å². The number of methoxy groups -OCH3 is 3. The van der Waals surface area contributed by atoms with Crippen LogP contribution in [0.4, 0.5) is 5.82 Å². The van der Waals surface area contributed by atoms with Crippen LogP contribution in [0.15, 0.2) is 24.4 Å². The van der Waals surface area contributed by atoms with Gasteiger partial charge in [0, 0.05) is 48.8 Å². The van der Waals surface area contributed by atoms with Crippen LogP contribution in [-0.2, 0) is 4.74 Å². The zero-order chi connectivity index (χ0) is 22.3. The topological polar surface area (TPSA) is 56.7 Å². The van der Waals surface area contributed by atoms with Gasteiger partial charge in [-0.05, 0) is 25.5 Å². The number of benzene rings is 1. The third-order valence-electron chi connectivity index (χ3n) is 5.72. The molecule has 0 spiro atoms. The van der Waals surface area contributed by atoms with Gasteiger partial charge in [-0.1, -0.05) is 34.8 Å². The highest BCUT2D eigenvalue weighted by atomic mass is 35.5. The van der Waals surface area contributed by atoms with E-state index in [-0.39, 0.29) is 5.60 Å². The maximum Gasteiger partial charge on any atom is 0.141 e. The SMILES string of the molecule is COc1cc(OC)c(Cl)c(-c2cc3cnc(Cl)cc3c(N3CCC(C)(OC)C3)n2)c1Cl. The van der Waals surface area contributed by atoms with E-state index >= 15 is 0 Å². The maximum atomic E-state index is 6.66. The molecule has 0 radical (unpaired) electrons. The Bertz CT molecular complexity index is 1130. The summed E-state index contributed by atoms with van der Waals surface area (Å²) in [5, 5.41) is 2.87. The molecule has 2 aromatic heterocycles. The number of aromatic nitrogens is 2. The number of hydrogen-bond donors (Lipinski definition) is 0. The molecule has 1 saturated heterocycles. The van der Waals surface area contributed by atoms with Crippen molar-refractivity contribution in [3.63, 3.8) is 0 Å². The molecule has 164 valence electrons. The van der Waals surface area contributed by atoms with Gasteiger partial charge in [-0.2, -0.15) is 0 Å². The third kappa shape index (κ3) is 3.98. The number of hydrogen-bond acceptors (Lipinski definition) is 6. The van der Waals surface area contributed by atoms with E-state index in [1.54, 1.807) is 33.6 Å². The lowest BCUT2D eigenvalue weighted by Gasteiger charge is -2.25.